The quantitative estimate of drug-likeness (QED) is 0.574. The van der Waals surface area contributed by atoms with Crippen molar-refractivity contribution in [2.45, 2.75) is 57.2 Å². The van der Waals surface area contributed by atoms with Crippen molar-refractivity contribution >= 4 is 17.5 Å². The first-order chi connectivity index (χ1) is 16.5. The van der Waals surface area contributed by atoms with Gasteiger partial charge < -0.3 is 14.7 Å². The molecule has 2 atom stereocenters. The Morgan fingerprint density at radius 1 is 1.06 bits per heavy atom. The lowest BCUT2D eigenvalue weighted by atomic mass is 9.82. The average Bonchev–Trinajstić information content (AvgIpc) is 2.86. The van der Waals surface area contributed by atoms with E-state index in [9.17, 15) is 14.3 Å². The molecule has 2 aromatic carbocycles. The highest BCUT2D eigenvalue weighted by Gasteiger charge is 2.33. The number of halogens is 2. The maximum absolute atomic E-state index is 13.4. The molecule has 2 aromatic rings. The van der Waals surface area contributed by atoms with E-state index in [0.29, 0.717) is 49.3 Å². The summed E-state index contributed by atoms with van der Waals surface area (Å²) in [7, 11) is 0. The molecule has 0 radical (unpaired) electrons. The molecule has 1 heterocycles. The first-order valence-electron chi connectivity index (χ1n) is 12.3. The lowest BCUT2D eigenvalue weighted by Gasteiger charge is -2.43. The topological polar surface area (TPSA) is 53.0 Å². The number of amides is 1. The van der Waals surface area contributed by atoms with Gasteiger partial charge in [-0.2, -0.15) is 0 Å². The van der Waals surface area contributed by atoms with E-state index in [4.69, 9.17) is 16.3 Å². The Morgan fingerprint density at radius 2 is 1.76 bits per heavy atom. The van der Waals surface area contributed by atoms with Crippen LogP contribution in [0.5, 0.6) is 5.75 Å². The Labute approximate surface area is 206 Å². The molecule has 2 unspecified atom stereocenters. The number of carbonyl (C=O) groups excluding carboxylic acids is 1. The SMILES string of the molecule is O=C(COc1ccc(Cl)cc1)N1CCN(Cc2ccc(F)cc2)C(CC(O)C2CCCCC2)C1. The van der Waals surface area contributed by atoms with Gasteiger partial charge in [-0.25, -0.2) is 4.39 Å². The molecule has 1 N–H and O–H groups in total. The van der Waals surface area contributed by atoms with Gasteiger partial charge in [0.15, 0.2) is 6.61 Å². The standard InChI is InChI=1S/C27H34ClFN2O3/c28-22-8-12-25(13-9-22)34-19-27(33)31-15-14-30(17-20-6-10-23(29)11-7-20)24(18-31)16-26(32)21-4-2-1-3-5-21/h6-13,21,24,26,32H,1-5,14-19H2. The minimum atomic E-state index is -0.374. The third kappa shape index (κ3) is 6.94. The molecule has 4 rings (SSSR count). The molecule has 184 valence electrons. The number of ether oxygens (including phenoxy) is 1. The molecule has 1 amide bonds. The molecule has 1 saturated carbocycles. The smallest absolute Gasteiger partial charge is 0.260 e. The number of aliphatic hydroxyl groups is 1. The summed E-state index contributed by atoms with van der Waals surface area (Å²) < 4.78 is 19.0. The van der Waals surface area contributed by atoms with Gasteiger partial charge in [-0.05, 0) is 67.1 Å². The fraction of sp³-hybridized carbons (Fsp3) is 0.519. The Bertz CT molecular complexity index is 918. The van der Waals surface area contributed by atoms with Crippen LogP contribution in [-0.4, -0.2) is 59.2 Å². The van der Waals surface area contributed by atoms with Crippen LogP contribution < -0.4 is 4.74 Å². The highest BCUT2D eigenvalue weighted by atomic mass is 35.5. The molecule has 34 heavy (non-hydrogen) atoms. The number of nitrogens with zero attached hydrogens (tertiary/aromatic N) is 2. The third-order valence-electron chi connectivity index (χ3n) is 7.14. The summed E-state index contributed by atoms with van der Waals surface area (Å²) in [4.78, 5) is 17.1. The maximum Gasteiger partial charge on any atom is 0.260 e. The molecule has 2 aliphatic rings. The van der Waals surface area contributed by atoms with Gasteiger partial charge in [-0.1, -0.05) is 43.0 Å². The number of aliphatic hydroxyl groups excluding tert-OH is 1. The predicted molar refractivity (Wildman–Crippen MR) is 131 cm³/mol. The van der Waals surface area contributed by atoms with Crippen molar-refractivity contribution in [2.75, 3.05) is 26.2 Å². The zero-order valence-electron chi connectivity index (χ0n) is 19.5. The van der Waals surface area contributed by atoms with Crippen LogP contribution in [-0.2, 0) is 11.3 Å². The second-order valence-corrected chi connectivity index (χ2v) is 9.97. The minimum Gasteiger partial charge on any atom is -0.484 e. The molecule has 0 spiro atoms. The second kappa shape index (κ2) is 12.0. The van der Waals surface area contributed by atoms with E-state index in [0.717, 1.165) is 18.4 Å². The minimum absolute atomic E-state index is 0.0303. The molecular formula is C27H34ClFN2O3. The van der Waals surface area contributed by atoms with Gasteiger partial charge >= 0.3 is 0 Å². The van der Waals surface area contributed by atoms with Crippen molar-refractivity contribution < 1.29 is 19.0 Å². The average molecular weight is 489 g/mol. The normalized spacial score (nSPS) is 20.8. The Morgan fingerprint density at radius 3 is 2.47 bits per heavy atom. The van der Waals surface area contributed by atoms with E-state index in [1.807, 2.05) is 4.90 Å². The van der Waals surface area contributed by atoms with Gasteiger partial charge in [0.05, 0.1) is 6.10 Å². The number of carbonyl (C=O) groups is 1. The highest BCUT2D eigenvalue weighted by molar-refractivity contribution is 6.30. The summed E-state index contributed by atoms with van der Waals surface area (Å²) in [6.07, 6.45) is 6.01. The van der Waals surface area contributed by atoms with Crippen molar-refractivity contribution in [3.63, 3.8) is 0 Å². The van der Waals surface area contributed by atoms with Crippen LogP contribution in [0.4, 0.5) is 4.39 Å². The van der Waals surface area contributed by atoms with Crippen LogP contribution >= 0.6 is 11.6 Å². The first kappa shape index (κ1) is 25.0. The van der Waals surface area contributed by atoms with Gasteiger partial charge in [0.2, 0.25) is 0 Å². The number of rotatable bonds is 8. The van der Waals surface area contributed by atoms with Gasteiger partial charge in [-0.3, -0.25) is 9.69 Å². The van der Waals surface area contributed by atoms with Crippen molar-refractivity contribution in [2.24, 2.45) is 5.92 Å². The molecule has 0 aromatic heterocycles. The second-order valence-electron chi connectivity index (χ2n) is 9.53. The van der Waals surface area contributed by atoms with E-state index in [2.05, 4.69) is 4.90 Å². The summed E-state index contributed by atoms with van der Waals surface area (Å²) in [5, 5.41) is 11.7. The van der Waals surface area contributed by atoms with E-state index in [1.165, 1.54) is 31.4 Å². The highest BCUT2D eigenvalue weighted by Crippen LogP contribution is 2.30. The van der Waals surface area contributed by atoms with Crippen LogP contribution in [0.3, 0.4) is 0 Å². The Balaban J connectivity index is 1.39. The van der Waals surface area contributed by atoms with Crippen molar-refractivity contribution in [3.8, 4) is 5.75 Å². The molecular weight excluding hydrogens is 455 g/mol. The van der Waals surface area contributed by atoms with Crippen LogP contribution in [0, 0.1) is 11.7 Å². The third-order valence-corrected chi connectivity index (χ3v) is 7.39. The van der Waals surface area contributed by atoms with Crippen LogP contribution in [0.25, 0.3) is 0 Å². The first-order valence-corrected chi connectivity index (χ1v) is 12.7. The summed E-state index contributed by atoms with van der Waals surface area (Å²) in [6, 6.07) is 13.6. The lowest BCUT2D eigenvalue weighted by Crippen LogP contribution is -2.56. The van der Waals surface area contributed by atoms with Gasteiger partial charge in [0, 0.05) is 37.2 Å². The van der Waals surface area contributed by atoms with Crippen LogP contribution in [0.1, 0.15) is 44.1 Å². The van der Waals surface area contributed by atoms with Gasteiger partial charge in [-0.15, -0.1) is 0 Å². The molecule has 7 heteroatoms. The van der Waals surface area contributed by atoms with Gasteiger partial charge in [0.25, 0.3) is 5.91 Å². The van der Waals surface area contributed by atoms with E-state index < -0.39 is 0 Å². The van der Waals surface area contributed by atoms with Gasteiger partial charge in [0.1, 0.15) is 11.6 Å². The molecule has 2 fully saturated rings. The fourth-order valence-corrected chi connectivity index (χ4v) is 5.26. The molecule has 5 nitrogen and oxygen atoms in total. The van der Waals surface area contributed by atoms with Crippen molar-refractivity contribution in [1.29, 1.82) is 0 Å². The number of hydrogen-bond donors (Lipinski definition) is 1. The molecule has 0 bridgehead atoms. The predicted octanol–water partition coefficient (Wildman–Crippen LogP) is 4.90. The number of benzene rings is 2. The summed E-state index contributed by atoms with van der Waals surface area (Å²) in [5.74, 6) is 0.635. The zero-order chi connectivity index (χ0) is 23.9. The summed E-state index contributed by atoms with van der Waals surface area (Å²) in [6.45, 7) is 2.49. The van der Waals surface area contributed by atoms with Crippen LogP contribution in [0.15, 0.2) is 48.5 Å². The molecule has 1 aliphatic heterocycles. The number of hydrogen-bond acceptors (Lipinski definition) is 4. The summed E-state index contributed by atoms with van der Waals surface area (Å²) >= 11 is 5.91. The largest absolute Gasteiger partial charge is 0.484 e. The monoisotopic (exact) mass is 488 g/mol. The zero-order valence-corrected chi connectivity index (χ0v) is 20.3. The van der Waals surface area contributed by atoms with Crippen molar-refractivity contribution in [3.05, 3.63) is 64.9 Å². The van der Waals surface area contributed by atoms with E-state index in [1.54, 1.807) is 36.4 Å². The summed E-state index contributed by atoms with van der Waals surface area (Å²) in [5.41, 5.74) is 1.03. The Kier molecular flexibility index (Phi) is 8.81. The lowest BCUT2D eigenvalue weighted by molar-refractivity contribution is -0.137. The fourth-order valence-electron chi connectivity index (χ4n) is 5.13. The number of piperazine rings is 1. The molecule has 1 saturated heterocycles. The van der Waals surface area contributed by atoms with Crippen molar-refractivity contribution in [1.82, 2.24) is 9.80 Å². The van der Waals surface area contributed by atoms with E-state index >= 15 is 0 Å². The maximum atomic E-state index is 13.4. The van der Waals surface area contributed by atoms with E-state index in [-0.39, 0.29) is 30.5 Å². The molecule has 1 aliphatic carbocycles. The Hall–Kier alpha value is -2.15. The van der Waals surface area contributed by atoms with Crippen LogP contribution in [0.2, 0.25) is 5.02 Å².